The van der Waals surface area contributed by atoms with Crippen molar-refractivity contribution in [1.82, 2.24) is 0 Å². The van der Waals surface area contributed by atoms with Gasteiger partial charge in [0.1, 0.15) is 13.2 Å². The predicted molar refractivity (Wildman–Crippen MR) is 297 cm³/mol. The maximum absolute atomic E-state index is 12.8. The summed E-state index contributed by atoms with van der Waals surface area (Å²) in [5.41, 5.74) is 0. The van der Waals surface area contributed by atoms with Crippen molar-refractivity contribution >= 4 is 17.9 Å². The van der Waals surface area contributed by atoms with Crippen LogP contribution in [0.25, 0.3) is 0 Å². The molecule has 1 unspecified atom stereocenters. The van der Waals surface area contributed by atoms with Gasteiger partial charge in [0.25, 0.3) is 0 Å². The van der Waals surface area contributed by atoms with Crippen LogP contribution in [0.2, 0.25) is 0 Å². The largest absolute Gasteiger partial charge is 0.462 e. The van der Waals surface area contributed by atoms with Gasteiger partial charge in [0.2, 0.25) is 0 Å². The first-order valence-corrected chi connectivity index (χ1v) is 27.1. The van der Waals surface area contributed by atoms with Gasteiger partial charge in [0.15, 0.2) is 6.10 Å². The van der Waals surface area contributed by atoms with Crippen molar-refractivity contribution in [1.29, 1.82) is 0 Å². The first kappa shape index (κ1) is 64.0. The lowest BCUT2D eigenvalue weighted by molar-refractivity contribution is -0.167. The lowest BCUT2D eigenvalue weighted by atomic mass is 10.1. The van der Waals surface area contributed by atoms with Crippen LogP contribution in [0.5, 0.6) is 0 Å². The molecular formula is C63H96O6. The molecule has 0 saturated heterocycles. The van der Waals surface area contributed by atoms with Crippen molar-refractivity contribution in [3.05, 3.63) is 158 Å². The van der Waals surface area contributed by atoms with Crippen LogP contribution >= 0.6 is 0 Å². The zero-order chi connectivity index (χ0) is 50.0. The van der Waals surface area contributed by atoms with E-state index in [1.165, 1.54) is 25.7 Å². The first-order chi connectivity index (χ1) is 34.0. The highest BCUT2D eigenvalue weighted by Crippen LogP contribution is 2.13. The summed E-state index contributed by atoms with van der Waals surface area (Å²) >= 11 is 0. The number of rotatable bonds is 46. The lowest BCUT2D eigenvalue weighted by Crippen LogP contribution is -2.30. The van der Waals surface area contributed by atoms with E-state index in [-0.39, 0.29) is 31.1 Å². The van der Waals surface area contributed by atoms with Crippen molar-refractivity contribution in [2.24, 2.45) is 0 Å². The van der Waals surface area contributed by atoms with Crippen molar-refractivity contribution in [2.45, 2.75) is 207 Å². The number of allylic oxidation sites excluding steroid dienone is 26. The molecule has 0 aromatic heterocycles. The van der Waals surface area contributed by atoms with Crippen molar-refractivity contribution in [2.75, 3.05) is 13.2 Å². The number of hydrogen-bond acceptors (Lipinski definition) is 6. The van der Waals surface area contributed by atoms with Gasteiger partial charge in [0, 0.05) is 19.3 Å². The van der Waals surface area contributed by atoms with Crippen LogP contribution in [0, 0.1) is 0 Å². The summed E-state index contributed by atoms with van der Waals surface area (Å²) < 4.78 is 16.8. The second-order valence-electron chi connectivity index (χ2n) is 17.2. The monoisotopic (exact) mass is 949 g/mol. The molecule has 6 nitrogen and oxygen atoms in total. The van der Waals surface area contributed by atoms with Gasteiger partial charge < -0.3 is 14.2 Å². The number of carbonyl (C=O) groups is 3. The van der Waals surface area contributed by atoms with Gasteiger partial charge in [0.05, 0.1) is 0 Å². The van der Waals surface area contributed by atoms with Crippen LogP contribution < -0.4 is 0 Å². The molecule has 384 valence electrons. The highest BCUT2D eigenvalue weighted by molar-refractivity contribution is 5.71. The standard InChI is InChI=1S/C63H96O6/c1-4-7-10-13-16-19-22-25-28-31-32-33-36-38-41-44-47-50-53-56-62(65)68-59-60(69-63(66)57-54-51-48-45-42-39-35-30-27-24-21-18-15-12-9-6-3)58-67-61(64)55-52-49-46-43-40-37-34-29-26-23-20-17-14-11-8-5-2/h7-13,16-22,25-33,36,38,41,60H,4-6,14-15,23-24,34-35,37,39-40,42-59H2,1-3H3/b10-7-,11-8-,12-9-,16-13-,20-17-,21-18-,22-19-,28-25-,29-26-,30-27-,32-31+,36-33-,41-38-. The summed E-state index contributed by atoms with van der Waals surface area (Å²) in [6.07, 6.45) is 80.7. The molecule has 0 aliphatic heterocycles. The fourth-order valence-corrected chi connectivity index (χ4v) is 6.75. The summed E-state index contributed by atoms with van der Waals surface area (Å²) in [6, 6.07) is 0. The van der Waals surface area contributed by atoms with E-state index in [0.717, 1.165) is 135 Å². The van der Waals surface area contributed by atoms with E-state index in [9.17, 15) is 14.4 Å². The summed E-state index contributed by atoms with van der Waals surface area (Å²) in [5.74, 6) is -0.995. The molecule has 69 heavy (non-hydrogen) atoms. The molecule has 0 aliphatic rings. The molecule has 0 N–H and O–H groups in total. The van der Waals surface area contributed by atoms with Gasteiger partial charge in [-0.2, -0.15) is 0 Å². The maximum Gasteiger partial charge on any atom is 0.306 e. The molecule has 6 heteroatoms. The molecule has 0 bridgehead atoms. The Hall–Kier alpha value is -4.97. The molecule has 0 radical (unpaired) electrons. The minimum atomic E-state index is -0.818. The molecule has 1 atom stereocenters. The normalized spacial score (nSPS) is 13.4. The van der Waals surface area contributed by atoms with Gasteiger partial charge in [-0.05, 0) is 103 Å². The van der Waals surface area contributed by atoms with E-state index in [2.05, 4.69) is 106 Å². The number of esters is 3. The number of unbranched alkanes of at least 4 members (excludes halogenated alkanes) is 15. The maximum atomic E-state index is 12.8. The smallest absolute Gasteiger partial charge is 0.306 e. The van der Waals surface area contributed by atoms with Crippen LogP contribution in [-0.4, -0.2) is 37.2 Å². The van der Waals surface area contributed by atoms with Crippen LogP contribution in [0.1, 0.15) is 201 Å². The Bertz CT molecular complexity index is 1610. The van der Waals surface area contributed by atoms with Crippen molar-refractivity contribution in [3.63, 3.8) is 0 Å². The molecule has 0 fully saturated rings. The summed E-state index contributed by atoms with van der Waals surface area (Å²) in [5, 5.41) is 0. The average Bonchev–Trinajstić information content (AvgIpc) is 3.35. The SMILES string of the molecule is CC\C=C/C=C\C=C/C=C\C=C\C=C/C=C\CCCCCC(=O)OCC(COC(=O)CCCCCCCC/C=C\C/C=C\C/C=C\CC)OC(=O)CCCCCCCC/C=C\C/C=C\C/C=C\CC. The first-order valence-electron chi connectivity index (χ1n) is 27.1. The summed E-state index contributed by atoms with van der Waals surface area (Å²) in [4.78, 5) is 38.1. The Morgan fingerprint density at radius 1 is 0.304 bits per heavy atom. The van der Waals surface area contributed by atoms with E-state index < -0.39 is 6.10 Å². The fourth-order valence-electron chi connectivity index (χ4n) is 6.75. The van der Waals surface area contributed by atoms with Crippen LogP contribution in [0.15, 0.2) is 158 Å². The third kappa shape index (κ3) is 53.8. The Balaban J connectivity index is 4.57. The second-order valence-corrected chi connectivity index (χ2v) is 17.2. The van der Waals surface area contributed by atoms with E-state index >= 15 is 0 Å². The summed E-state index contributed by atoms with van der Waals surface area (Å²) in [7, 11) is 0. The average molecular weight is 949 g/mol. The number of ether oxygens (including phenoxy) is 3. The summed E-state index contributed by atoms with van der Waals surface area (Å²) in [6.45, 7) is 6.19. The Morgan fingerprint density at radius 3 is 1.00 bits per heavy atom. The van der Waals surface area contributed by atoms with Gasteiger partial charge in [-0.25, -0.2) is 0 Å². The highest BCUT2D eigenvalue weighted by atomic mass is 16.6. The second kappa shape index (κ2) is 55.6. The van der Waals surface area contributed by atoms with E-state index in [4.69, 9.17) is 14.2 Å². The third-order valence-corrected chi connectivity index (χ3v) is 10.7. The van der Waals surface area contributed by atoms with E-state index in [1.807, 2.05) is 72.9 Å². The lowest BCUT2D eigenvalue weighted by Gasteiger charge is -2.18. The zero-order valence-corrected chi connectivity index (χ0v) is 43.8. The van der Waals surface area contributed by atoms with Gasteiger partial charge in [-0.15, -0.1) is 0 Å². The number of carbonyl (C=O) groups excluding carboxylic acids is 3. The minimum absolute atomic E-state index is 0.113. The quantitative estimate of drug-likeness (QED) is 0.0199. The topological polar surface area (TPSA) is 78.9 Å². The van der Waals surface area contributed by atoms with Crippen LogP contribution in [0.3, 0.4) is 0 Å². The van der Waals surface area contributed by atoms with Gasteiger partial charge in [-0.1, -0.05) is 237 Å². The molecule has 0 aromatic carbocycles. The Kier molecular flexibility index (Phi) is 51.6. The number of hydrogen-bond donors (Lipinski definition) is 0. The van der Waals surface area contributed by atoms with E-state index in [1.54, 1.807) is 0 Å². The van der Waals surface area contributed by atoms with Gasteiger partial charge >= 0.3 is 17.9 Å². The molecule has 0 aromatic rings. The van der Waals surface area contributed by atoms with E-state index in [0.29, 0.717) is 19.3 Å². The minimum Gasteiger partial charge on any atom is -0.462 e. The third-order valence-electron chi connectivity index (χ3n) is 10.7. The van der Waals surface area contributed by atoms with Crippen LogP contribution in [-0.2, 0) is 28.6 Å². The highest BCUT2D eigenvalue weighted by Gasteiger charge is 2.19. The molecule has 0 spiro atoms. The molecule has 0 saturated carbocycles. The Labute approximate surface area is 422 Å². The fraction of sp³-hybridized carbons (Fsp3) is 0.540. The van der Waals surface area contributed by atoms with Crippen molar-refractivity contribution < 1.29 is 28.6 Å². The molecular weight excluding hydrogens is 853 g/mol. The van der Waals surface area contributed by atoms with Crippen molar-refractivity contribution in [3.8, 4) is 0 Å². The van der Waals surface area contributed by atoms with Crippen LogP contribution in [0.4, 0.5) is 0 Å². The molecule has 0 heterocycles. The van der Waals surface area contributed by atoms with Gasteiger partial charge in [-0.3, -0.25) is 14.4 Å². The molecule has 0 aliphatic carbocycles. The molecule has 0 amide bonds. The molecule has 0 rings (SSSR count). The Morgan fingerprint density at radius 2 is 0.594 bits per heavy atom. The zero-order valence-electron chi connectivity index (χ0n) is 43.8. The predicted octanol–water partition coefficient (Wildman–Crippen LogP) is 18.2.